The molecule has 0 aliphatic heterocycles. The van der Waals surface area contributed by atoms with Gasteiger partial charge in [-0.25, -0.2) is 4.31 Å². The van der Waals surface area contributed by atoms with Gasteiger partial charge in [0.15, 0.2) is 0 Å². The molecule has 2 aromatic carbocycles. The summed E-state index contributed by atoms with van der Waals surface area (Å²) in [6.45, 7) is 7.83. The fourth-order valence-corrected chi connectivity index (χ4v) is 4.41. The van der Waals surface area contributed by atoms with Crippen molar-refractivity contribution in [1.29, 1.82) is 0 Å². The van der Waals surface area contributed by atoms with E-state index in [0.29, 0.717) is 12.2 Å². The molecule has 2 rings (SSSR count). The molecule has 0 aromatic heterocycles. The number of nitrogens with one attached hydrogen (secondary N) is 1. The van der Waals surface area contributed by atoms with Gasteiger partial charge in [-0.05, 0) is 37.5 Å². The van der Waals surface area contributed by atoms with Crippen LogP contribution in [0, 0.1) is 12.8 Å². The highest BCUT2D eigenvalue weighted by Crippen LogP contribution is 2.20. The van der Waals surface area contributed by atoms with Crippen LogP contribution in [0.2, 0.25) is 0 Å². The molecule has 0 aliphatic carbocycles. The van der Waals surface area contributed by atoms with Gasteiger partial charge in [-0.15, -0.1) is 0 Å². The van der Waals surface area contributed by atoms with Gasteiger partial charge in [0.05, 0.1) is 5.69 Å². The van der Waals surface area contributed by atoms with E-state index in [0.717, 1.165) is 19.7 Å². The zero-order valence-corrected chi connectivity index (χ0v) is 21.7. The molecule has 2 aromatic rings. The first-order chi connectivity index (χ1) is 15.9. The largest absolute Gasteiger partial charge is 0.354 e. The standard InChI is InChI=1S/C25H36N4O4S/c1-19(2)16-26-25(31)21(4)28(17-22-12-10-11-20(3)15-22)24(30)18-29(34(32,33)27(5)6)23-13-8-7-9-14-23/h7-15,19,21H,16-18H2,1-6H3,(H,26,31)/t21-/m0/s1. The number of amides is 2. The van der Waals surface area contributed by atoms with Crippen molar-refractivity contribution in [2.24, 2.45) is 5.92 Å². The molecular formula is C25H36N4O4S. The fraction of sp³-hybridized carbons (Fsp3) is 0.440. The number of benzene rings is 2. The van der Waals surface area contributed by atoms with E-state index < -0.39 is 28.7 Å². The summed E-state index contributed by atoms with van der Waals surface area (Å²) in [5, 5.41) is 2.87. The average Bonchev–Trinajstić information content (AvgIpc) is 2.79. The van der Waals surface area contributed by atoms with E-state index in [1.807, 2.05) is 45.0 Å². The number of hydrogen-bond acceptors (Lipinski definition) is 4. The summed E-state index contributed by atoms with van der Waals surface area (Å²) < 4.78 is 28.3. The van der Waals surface area contributed by atoms with Gasteiger partial charge in [0.1, 0.15) is 12.6 Å². The molecule has 2 amide bonds. The highest BCUT2D eigenvalue weighted by molar-refractivity contribution is 7.90. The molecule has 8 nitrogen and oxygen atoms in total. The Morgan fingerprint density at radius 2 is 1.62 bits per heavy atom. The molecule has 0 saturated heterocycles. The Morgan fingerprint density at radius 1 is 0.971 bits per heavy atom. The van der Waals surface area contributed by atoms with Crippen LogP contribution >= 0.6 is 0 Å². The maximum atomic E-state index is 13.6. The quantitative estimate of drug-likeness (QED) is 0.527. The summed E-state index contributed by atoms with van der Waals surface area (Å²) in [6, 6.07) is 15.4. The summed E-state index contributed by atoms with van der Waals surface area (Å²) in [5.74, 6) is -0.490. The number of carbonyl (C=O) groups is 2. The Bertz CT molecular complexity index is 1070. The van der Waals surface area contributed by atoms with Crippen molar-refractivity contribution < 1.29 is 18.0 Å². The van der Waals surface area contributed by atoms with Crippen LogP contribution in [0.4, 0.5) is 5.69 Å². The maximum absolute atomic E-state index is 13.6. The van der Waals surface area contributed by atoms with Crippen molar-refractivity contribution in [1.82, 2.24) is 14.5 Å². The van der Waals surface area contributed by atoms with E-state index in [1.54, 1.807) is 37.3 Å². The predicted octanol–water partition coefficient (Wildman–Crippen LogP) is 2.80. The van der Waals surface area contributed by atoms with E-state index in [4.69, 9.17) is 0 Å². The Hall–Kier alpha value is -2.91. The van der Waals surface area contributed by atoms with Gasteiger partial charge >= 0.3 is 10.2 Å². The van der Waals surface area contributed by atoms with Crippen LogP contribution in [0.25, 0.3) is 0 Å². The average molecular weight is 489 g/mol. The first-order valence-electron chi connectivity index (χ1n) is 11.3. The van der Waals surface area contributed by atoms with E-state index in [2.05, 4.69) is 5.32 Å². The van der Waals surface area contributed by atoms with Crippen LogP contribution in [0.15, 0.2) is 54.6 Å². The van der Waals surface area contributed by atoms with Crippen LogP contribution in [0.3, 0.4) is 0 Å². The number of carbonyl (C=O) groups excluding carboxylic acids is 2. The Labute approximate surface area is 203 Å². The van der Waals surface area contributed by atoms with E-state index in [-0.39, 0.29) is 18.4 Å². The van der Waals surface area contributed by atoms with Crippen molar-refractivity contribution in [3.8, 4) is 0 Å². The van der Waals surface area contributed by atoms with Gasteiger partial charge in [0, 0.05) is 27.2 Å². The second kappa shape index (κ2) is 12.0. The normalized spacial score (nSPS) is 12.5. The summed E-state index contributed by atoms with van der Waals surface area (Å²) in [4.78, 5) is 27.9. The van der Waals surface area contributed by atoms with Crippen LogP contribution in [0.1, 0.15) is 31.9 Å². The third-order valence-electron chi connectivity index (χ3n) is 5.35. The van der Waals surface area contributed by atoms with Gasteiger partial charge in [0.25, 0.3) is 0 Å². The van der Waals surface area contributed by atoms with E-state index in [1.165, 1.54) is 19.0 Å². The Balaban J connectivity index is 2.40. The molecule has 0 heterocycles. The highest BCUT2D eigenvalue weighted by Gasteiger charge is 2.32. The molecule has 9 heteroatoms. The van der Waals surface area contributed by atoms with Gasteiger partial charge in [-0.3, -0.25) is 9.59 Å². The van der Waals surface area contributed by atoms with Crippen LogP contribution in [0.5, 0.6) is 0 Å². The minimum Gasteiger partial charge on any atom is -0.354 e. The topological polar surface area (TPSA) is 90.0 Å². The molecule has 0 saturated carbocycles. The molecule has 0 unspecified atom stereocenters. The highest BCUT2D eigenvalue weighted by atomic mass is 32.2. The molecule has 1 atom stereocenters. The van der Waals surface area contributed by atoms with Crippen molar-refractivity contribution in [2.75, 3.05) is 31.5 Å². The molecule has 0 aliphatic rings. The molecule has 0 radical (unpaired) electrons. The smallest absolute Gasteiger partial charge is 0.304 e. The van der Waals surface area contributed by atoms with Crippen LogP contribution < -0.4 is 9.62 Å². The lowest BCUT2D eigenvalue weighted by atomic mass is 10.1. The number of hydrogen-bond donors (Lipinski definition) is 1. The van der Waals surface area contributed by atoms with Crippen LogP contribution in [-0.2, 0) is 26.3 Å². The SMILES string of the molecule is Cc1cccc(CN(C(=O)CN(c2ccccc2)S(=O)(=O)N(C)C)[C@@H](C)C(=O)NCC(C)C)c1. The number of anilines is 1. The summed E-state index contributed by atoms with van der Waals surface area (Å²) >= 11 is 0. The molecular weight excluding hydrogens is 452 g/mol. The second-order valence-corrected chi connectivity index (χ2v) is 11.0. The number of aryl methyl sites for hydroxylation is 1. The van der Waals surface area contributed by atoms with Gasteiger partial charge in [-0.1, -0.05) is 61.9 Å². The summed E-state index contributed by atoms with van der Waals surface area (Å²) in [5.41, 5.74) is 2.26. The number of para-hydroxylation sites is 1. The molecule has 1 N–H and O–H groups in total. The van der Waals surface area contributed by atoms with Crippen LogP contribution in [-0.4, -0.2) is 62.7 Å². The molecule has 0 fully saturated rings. The molecule has 186 valence electrons. The van der Waals surface area contributed by atoms with E-state index >= 15 is 0 Å². The van der Waals surface area contributed by atoms with Gasteiger partial charge in [-0.2, -0.15) is 12.7 Å². The van der Waals surface area contributed by atoms with Crippen molar-refractivity contribution in [2.45, 2.75) is 40.3 Å². The fourth-order valence-electron chi connectivity index (χ4n) is 3.35. The minimum atomic E-state index is -3.95. The first kappa shape index (κ1) is 27.3. The molecule has 34 heavy (non-hydrogen) atoms. The number of rotatable bonds is 11. The zero-order valence-electron chi connectivity index (χ0n) is 20.9. The second-order valence-electron chi connectivity index (χ2n) is 8.96. The predicted molar refractivity (Wildman–Crippen MR) is 135 cm³/mol. The van der Waals surface area contributed by atoms with Crippen molar-refractivity contribution in [3.63, 3.8) is 0 Å². The lowest BCUT2D eigenvalue weighted by Crippen LogP contribution is -2.52. The third kappa shape index (κ3) is 7.30. The summed E-state index contributed by atoms with van der Waals surface area (Å²) in [6.07, 6.45) is 0. The lowest BCUT2D eigenvalue weighted by molar-refractivity contribution is -0.139. The monoisotopic (exact) mass is 488 g/mol. The Kier molecular flexibility index (Phi) is 9.64. The maximum Gasteiger partial charge on any atom is 0.304 e. The first-order valence-corrected chi connectivity index (χ1v) is 12.7. The zero-order chi connectivity index (χ0) is 25.5. The number of nitrogens with zero attached hydrogens (tertiary/aromatic N) is 3. The van der Waals surface area contributed by atoms with Crippen molar-refractivity contribution >= 4 is 27.7 Å². The Morgan fingerprint density at radius 3 is 2.18 bits per heavy atom. The van der Waals surface area contributed by atoms with E-state index in [9.17, 15) is 18.0 Å². The molecule has 0 spiro atoms. The summed E-state index contributed by atoms with van der Waals surface area (Å²) in [7, 11) is -1.11. The minimum absolute atomic E-state index is 0.182. The molecule has 0 bridgehead atoms. The van der Waals surface area contributed by atoms with Gasteiger partial charge < -0.3 is 10.2 Å². The lowest BCUT2D eigenvalue weighted by Gasteiger charge is -2.33. The third-order valence-corrected chi connectivity index (χ3v) is 7.17. The van der Waals surface area contributed by atoms with Gasteiger partial charge in [0.2, 0.25) is 11.8 Å². The van der Waals surface area contributed by atoms with Crippen molar-refractivity contribution in [3.05, 3.63) is 65.7 Å².